The minimum absolute atomic E-state index is 0.864. The molecule has 0 amide bonds. The lowest BCUT2D eigenvalue weighted by molar-refractivity contribution is 0.668. The SMILES string of the molecule is c1ccc2c(c1)oc1cc(-n3c4ccccc4c4cc(-n5c6ccccc6c6ccccc65)ccc43)cc(-n3c4ccccc4c4ccccc43)c12. The monoisotopic (exact) mass is 663 g/mol. The summed E-state index contributed by atoms with van der Waals surface area (Å²) in [4.78, 5) is 0. The fourth-order valence-corrected chi connectivity index (χ4v) is 8.88. The van der Waals surface area contributed by atoms with E-state index in [-0.39, 0.29) is 0 Å². The minimum Gasteiger partial charge on any atom is -0.456 e. The van der Waals surface area contributed by atoms with Gasteiger partial charge in [0.1, 0.15) is 11.2 Å². The molecule has 4 heteroatoms. The van der Waals surface area contributed by atoms with Crippen LogP contribution >= 0.6 is 0 Å². The van der Waals surface area contributed by atoms with Crippen molar-refractivity contribution in [3.05, 3.63) is 176 Å². The minimum atomic E-state index is 0.864. The highest BCUT2D eigenvalue weighted by atomic mass is 16.3. The number of hydrogen-bond acceptors (Lipinski definition) is 1. The molecule has 4 nitrogen and oxygen atoms in total. The first-order valence-electron chi connectivity index (χ1n) is 17.8. The smallest absolute Gasteiger partial charge is 0.139 e. The van der Waals surface area contributed by atoms with Crippen molar-refractivity contribution in [2.45, 2.75) is 0 Å². The van der Waals surface area contributed by atoms with E-state index >= 15 is 0 Å². The van der Waals surface area contributed by atoms with Gasteiger partial charge in [0.2, 0.25) is 0 Å². The molecule has 0 bridgehead atoms. The Kier molecular flexibility index (Phi) is 5.47. The van der Waals surface area contributed by atoms with Gasteiger partial charge in [0.15, 0.2) is 0 Å². The predicted octanol–water partition coefficient (Wildman–Crippen LogP) is 12.9. The van der Waals surface area contributed by atoms with E-state index in [1.807, 2.05) is 6.07 Å². The third-order valence-electron chi connectivity index (χ3n) is 11.0. The number of benzene rings is 8. The van der Waals surface area contributed by atoms with E-state index in [1.54, 1.807) is 0 Å². The number of fused-ring (bicyclic) bond motifs is 12. The maximum atomic E-state index is 6.70. The van der Waals surface area contributed by atoms with Gasteiger partial charge in [0, 0.05) is 49.5 Å². The Morgan fingerprint density at radius 2 is 0.712 bits per heavy atom. The third kappa shape index (κ3) is 3.65. The summed E-state index contributed by atoms with van der Waals surface area (Å²) < 4.78 is 13.9. The largest absolute Gasteiger partial charge is 0.456 e. The summed E-state index contributed by atoms with van der Waals surface area (Å²) in [6, 6.07) is 63.5. The number of rotatable bonds is 3. The van der Waals surface area contributed by atoms with Crippen molar-refractivity contribution >= 4 is 87.4 Å². The van der Waals surface area contributed by atoms with Crippen molar-refractivity contribution in [3.8, 4) is 17.1 Å². The Morgan fingerprint density at radius 1 is 0.288 bits per heavy atom. The van der Waals surface area contributed by atoms with Crippen LogP contribution in [0.3, 0.4) is 0 Å². The number of para-hydroxylation sites is 6. The first-order chi connectivity index (χ1) is 25.8. The molecular formula is C48H29N3O. The van der Waals surface area contributed by atoms with Gasteiger partial charge in [0.25, 0.3) is 0 Å². The fourth-order valence-electron chi connectivity index (χ4n) is 8.88. The first-order valence-corrected chi connectivity index (χ1v) is 17.8. The van der Waals surface area contributed by atoms with Crippen molar-refractivity contribution in [3.63, 3.8) is 0 Å². The van der Waals surface area contributed by atoms with Gasteiger partial charge in [-0.05, 0) is 60.7 Å². The van der Waals surface area contributed by atoms with Gasteiger partial charge in [-0.3, -0.25) is 0 Å². The van der Waals surface area contributed by atoms with Gasteiger partial charge in [0.05, 0.1) is 49.9 Å². The third-order valence-corrected chi connectivity index (χ3v) is 11.0. The molecule has 0 aliphatic rings. The van der Waals surface area contributed by atoms with Gasteiger partial charge in [-0.25, -0.2) is 0 Å². The molecule has 0 aliphatic carbocycles. The van der Waals surface area contributed by atoms with Gasteiger partial charge >= 0.3 is 0 Å². The molecule has 0 fully saturated rings. The molecule has 4 aromatic heterocycles. The lowest BCUT2D eigenvalue weighted by atomic mass is 10.1. The molecule has 0 unspecified atom stereocenters. The molecule has 0 spiro atoms. The zero-order chi connectivity index (χ0) is 33.9. The Balaban J connectivity index is 1.18. The molecule has 0 saturated carbocycles. The van der Waals surface area contributed by atoms with Crippen LogP contribution in [0.2, 0.25) is 0 Å². The summed E-state index contributed by atoms with van der Waals surface area (Å²) in [5.74, 6) is 0. The van der Waals surface area contributed by atoms with Crippen molar-refractivity contribution in [1.29, 1.82) is 0 Å². The zero-order valence-corrected chi connectivity index (χ0v) is 28.0. The van der Waals surface area contributed by atoms with Crippen LogP contribution in [0.5, 0.6) is 0 Å². The van der Waals surface area contributed by atoms with Crippen LogP contribution in [0.1, 0.15) is 0 Å². The average molecular weight is 664 g/mol. The molecule has 12 rings (SSSR count). The van der Waals surface area contributed by atoms with Crippen LogP contribution in [-0.2, 0) is 0 Å². The van der Waals surface area contributed by atoms with Gasteiger partial charge in [-0.2, -0.15) is 0 Å². The summed E-state index contributed by atoms with van der Waals surface area (Å²) >= 11 is 0. The molecule has 4 heterocycles. The Morgan fingerprint density at radius 3 is 1.27 bits per heavy atom. The standard InChI is InChI=1S/C48H29N3O/c1-7-19-39-32(13-1)33-14-2-8-20-40(33)49(39)30-25-26-44-38(27-30)36-17-5-9-21-41(36)50(44)31-28-45(48-37-18-6-12-24-46(37)52-47(48)29-31)51-42-22-10-3-15-34(42)35-16-4-11-23-43(35)51/h1-29H. The van der Waals surface area contributed by atoms with Crippen molar-refractivity contribution in [2.75, 3.05) is 0 Å². The van der Waals surface area contributed by atoms with Crippen LogP contribution in [0, 0.1) is 0 Å². The van der Waals surface area contributed by atoms with Crippen LogP contribution in [0.4, 0.5) is 0 Å². The summed E-state index contributed by atoms with van der Waals surface area (Å²) in [5.41, 5.74) is 12.1. The number of nitrogens with zero attached hydrogens (tertiary/aromatic N) is 3. The van der Waals surface area contributed by atoms with Crippen molar-refractivity contribution < 1.29 is 4.42 Å². The highest BCUT2D eigenvalue weighted by Crippen LogP contribution is 2.42. The molecule has 8 aromatic carbocycles. The van der Waals surface area contributed by atoms with Gasteiger partial charge in [-0.15, -0.1) is 0 Å². The van der Waals surface area contributed by atoms with E-state index in [2.05, 4.69) is 184 Å². The van der Waals surface area contributed by atoms with Crippen LogP contribution in [0.25, 0.3) is 104 Å². The topological polar surface area (TPSA) is 27.9 Å². The molecule has 0 atom stereocenters. The Bertz CT molecular complexity index is 3320. The quantitative estimate of drug-likeness (QED) is 0.185. The van der Waals surface area contributed by atoms with E-state index in [1.165, 1.54) is 54.4 Å². The van der Waals surface area contributed by atoms with Gasteiger partial charge in [-0.1, -0.05) is 109 Å². The van der Waals surface area contributed by atoms with Crippen LogP contribution < -0.4 is 0 Å². The highest BCUT2D eigenvalue weighted by Gasteiger charge is 2.22. The highest BCUT2D eigenvalue weighted by molar-refractivity contribution is 6.16. The molecule has 0 aliphatic heterocycles. The van der Waals surface area contributed by atoms with Crippen molar-refractivity contribution in [1.82, 2.24) is 13.7 Å². The molecule has 52 heavy (non-hydrogen) atoms. The summed E-state index contributed by atoms with van der Waals surface area (Å²) in [6.07, 6.45) is 0. The van der Waals surface area contributed by atoms with Crippen LogP contribution in [0.15, 0.2) is 180 Å². The van der Waals surface area contributed by atoms with Crippen molar-refractivity contribution in [2.24, 2.45) is 0 Å². The number of aromatic nitrogens is 3. The van der Waals surface area contributed by atoms with E-state index in [9.17, 15) is 0 Å². The molecule has 12 aromatic rings. The second-order valence-corrected chi connectivity index (χ2v) is 13.7. The first kappa shape index (κ1) is 27.7. The van der Waals surface area contributed by atoms with E-state index < -0.39 is 0 Å². The lowest BCUT2D eigenvalue weighted by Crippen LogP contribution is -2.00. The second-order valence-electron chi connectivity index (χ2n) is 13.7. The number of hydrogen-bond donors (Lipinski definition) is 0. The Hall–Kier alpha value is -7.04. The maximum Gasteiger partial charge on any atom is 0.139 e. The molecule has 0 radical (unpaired) electrons. The molecule has 242 valence electrons. The molecule has 0 N–H and O–H groups in total. The molecular weight excluding hydrogens is 635 g/mol. The maximum absolute atomic E-state index is 6.70. The predicted molar refractivity (Wildman–Crippen MR) is 217 cm³/mol. The lowest BCUT2D eigenvalue weighted by Gasteiger charge is -2.14. The second kappa shape index (κ2) is 10.3. The van der Waals surface area contributed by atoms with E-state index in [4.69, 9.17) is 4.42 Å². The average Bonchev–Trinajstić information content (AvgIpc) is 3.94. The Labute approximate surface area is 297 Å². The van der Waals surface area contributed by atoms with E-state index in [0.717, 1.165) is 50.0 Å². The summed E-state index contributed by atoms with van der Waals surface area (Å²) in [7, 11) is 0. The summed E-state index contributed by atoms with van der Waals surface area (Å²) in [6.45, 7) is 0. The van der Waals surface area contributed by atoms with Gasteiger partial charge < -0.3 is 18.1 Å². The molecule has 0 saturated heterocycles. The normalized spacial score (nSPS) is 12.2. The van der Waals surface area contributed by atoms with E-state index in [0.29, 0.717) is 0 Å². The van der Waals surface area contributed by atoms with Crippen LogP contribution in [-0.4, -0.2) is 13.7 Å². The summed E-state index contributed by atoms with van der Waals surface area (Å²) in [5, 5.41) is 9.63. The fraction of sp³-hybridized carbons (Fsp3) is 0. The number of furan rings is 1. The zero-order valence-electron chi connectivity index (χ0n) is 28.0.